The summed E-state index contributed by atoms with van der Waals surface area (Å²) in [5.41, 5.74) is 0.0814. The number of urea groups is 1. The summed E-state index contributed by atoms with van der Waals surface area (Å²) in [5, 5.41) is 14.2. The lowest BCUT2D eigenvalue weighted by Crippen LogP contribution is -2.50. The van der Waals surface area contributed by atoms with Crippen LogP contribution < -0.4 is 10.6 Å². The molecule has 0 spiro atoms. The monoisotopic (exact) mass is 365 g/mol. The van der Waals surface area contributed by atoms with E-state index in [1.54, 1.807) is 6.07 Å². The molecule has 1 aliphatic heterocycles. The van der Waals surface area contributed by atoms with Gasteiger partial charge >= 0.3 is 12.0 Å². The van der Waals surface area contributed by atoms with Crippen LogP contribution in [-0.4, -0.2) is 47.0 Å². The molecule has 0 aliphatic carbocycles. The molecular weight excluding hydrogens is 341 g/mol. The van der Waals surface area contributed by atoms with Gasteiger partial charge in [-0.15, -0.1) is 0 Å². The maximum atomic E-state index is 13.7. The van der Waals surface area contributed by atoms with Crippen molar-refractivity contribution in [3.63, 3.8) is 0 Å². The molecule has 1 heterocycles. The van der Waals surface area contributed by atoms with Crippen LogP contribution in [0.15, 0.2) is 24.3 Å². The third-order valence-corrected chi connectivity index (χ3v) is 4.39. The molecule has 1 saturated heterocycles. The third kappa shape index (κ3) is 5.18. The molecule has 7 nitrogen and oxygen atoms in total. The molecule has 1 aromatic carbocycles. The van der Waals surface area contributed by atoms with E-state index in [0.717, 1.165) is 0 Å². The molecule has 0 radical (unpaired) electrons. The second-order valence-corrected chi connectivity index (χ2v) is 6.38. The summed E-state index contributed by atoms with van der Waals surface area (Å²) >= 11 is 0. The average Bonchev–Trinajstić information content (AvgIpc) is 2.63. The Kier molecular flexibility index (Phi) is 6.94. The first kappa shape index (κ1) is 19.7. The molecule has 8 heteroatoms. The van der Waals surface area contributed by atoms with Crippen LogP contribution in [0.25, 0.3) is 0 Å². The summed E-state index contributed by atoms with van der Waals surface area (Å²) in [4.78, 5) is 37.4. The molecule has 3 amide bonds. The largest absolute Gasteiger partial charge is 0.480 e. The Morgan fingerprint density at radius 1 is 1.35 bits per heavy atom. The number of amides is 3. The van der Waals surface area contributed by atoms with E-state index in [1.165, 1.54) is 23.1 Å². The van der Waals surface area contributed by atoms with Crippen molar-refractivity contribution in [3.8, 4) is 0 Å². The Balaban J connectivity index is 1.95. The number of nitrogens with one attached hydrogen (secondary N) is 2. The van der Waals surface area contributed by atoms with Gasteiger partial charge < -0.3 is 20.6 Å². The van der Waals surface area contributed by atoms with Crippen molar-refractivity contribution in [1.82, 2.24) is 10.2 Å². The number of hydrogen-bond donors (Lipinski definition) is 3. The highest BCUT2D eigenvalue weighted by Gasteiger charge is 2.31. The second kappa shape index (κ2) is 9.17. The van der Waals surface area contributed by atoms with Crippen LogP contribution in [0.1, 0.15) is 32.6 Å². The van der Waals surface area contributed by atoms with Crippen molar-refractivity contribution in [2.75, 3.05) is 18.4 Å². The third-order valence-electron chi connectivity index (χ3n) is 4.39. The fraction of sp³-hybridized carbons (Fsp3) is 0.500. The minimum absolute atomic E-state index is 0.0814. The molecule has 142 valence electrons. The van der Waals surface area contributed by atoms with E-state index in [1.807, 2.05) is 6.92 Å². The van der Waals surface area contributed by atoms with E-state index in [9.17, 15) is 18.8 Å². The SMILES string of the molecule is CCCC(NC(=O)C1CCCN(C(=O)Nc2ccccc2F)C1)C(=O)O. The number of likely N-dealkylation sites (tertiary alicyclic amines) is 1. The quantitative estimate of drug-likeness (QED) is 0.721. The molecule has 1 aromatic rings. The number of hydrogen-bond acceptors (Lipinski definition) is 3. The van der Waals surface area contributed by atoms with Gasteiger partial charge in [0.05, 0.1) is 11.6 Å². The standard InChI is InChI=1S/C18H24FN3O4/c1-2-6-15(17(24)25)20-16(23)12-7-5-10-22(11-12)18(26)21-14-9-4-3-8-13(14)19/h3-4,8-9,12,15H,2,5-7,10-11H2,1H3,(H,20,23)(H,21,26)(H,24,25). The Labute approximate surface area is 151 Å². The van der Waals surface area contributed by atoms with Crippen molar-refractivity contribution in [2.24, 2.45) is 5.92 Å². The molecule has 0 bridgehead atoms. The second-order valence-electron chi connectivity index (χ2n) is 6.38. The normalized spacial score (nSPS) is 18.1. The average molecular weight is 365 g/mol. The molecule has 0 saturated carbocycles. The van der Waals surface area contributed by atoms with E-state index in [4.69, 9.17) is 5.11 Å². The zero-order valence-electron chi connectivity index (χ0n) is 14.7. The van der Waals surface area contributed by atoms with Crippen molar-refractivity contribution >= 4 is 23.6 Å². The molecule has 0 aromatic heterocycles. The summed E-state index contributed by atoms with van der Waals surface area (Å²) in [6.07, 6.45) is 2.19. The van der Waals surface area contributed by atoms with Gasteiger partial charge in [-0.2, -0.15) is 0 Å². The highest BCUT2D eigenvalue weighted by atomic mass is 19.1. The number of rotatable bonds is 6. The molecule has 1 aliphatic rings. The molecule has 2 unspecified atom stereocenters. The Hall–Kier alpha value is -2.64. The number of para-hydroxylation sites is 1. The van der Waals surface area contributed by atoms with E-state index in [-0.39, 0.29) is 18.1 Å². The predicted octanol–water partition coefficient (Wildman–Crippen LogP) is 2.44. The van der Waals surface area contributed by atoms with Crippen LogP contribution in [0.3, 0.4) is 0 Å². The number of benzene rings is 1. The molecule has 2 rings (SSSR count). The van der Waals surface area contributed by atoms with E-state index in [2.05, 4.69) is 10.6 Å². The first-order chi connectivity index (χ1) is 12.4. The highest BCUT2D eigenvalue weighted by Crippen LogP contribution is 2.19. The van der Waals surface area contributed by atoms with Gasteiger partial charge in [-0.25, -0.2) is 14.0 Å². The number of aliphatic carboxylic acids is 1. The highest BCUT2D eigenvalue weighted by molar-refractivity contribution is 5.90. The van der Waals surface area contributed by atoms with E-state index in [0.29, 0.717) is 32.2 Å². The summed E-state index contributed by atoms with van der Waals surface area (Å²) in [7, 11) is 0. The van der Waals surface area contributed by atoms with Gasteiger partial charge in [-0.05, 0) is 31.4 Å². The molecule has 2 atom stereocenters. The topological polar surface area (TPSA) is 98.7 Å². The van der Waals surface area contributed by atoms with Crippen LogP contribution >= 0.6 is 0 Å². The van der Waals surface area contributed by atoms with Crippen LogP contribution in [0.5, 0.6) is 0 Å². The number of anilines is 1. The molecule has 3 N–H and O–H groups in total. The van der Waals surface area contributed by atoms with Gasteiger partial charge in [0.15, 0.2) is 0 Å². The lowest BCUT2D eigenvalue weighted by atomic mass is 9.96. The smallest absolute Gasteiger partial charge is 0.326 e. The minimum atomic E-state index is -1.06. The van der Waals surface area contributed by atoms with Crippen LogP contribution in [0, 0.1) is 11.7 Å². The first-order valence-corrected chi connectivity index (χ1v) is 8.76. The summed E-state index contributed by atoms with van der Waals surface area (Å²) in [6, 6.07) is 4.46. The lowest BCUT2D eigenvalue weighted by molar-refractivity contribution is -0.143. The van der Waals surface area contributed by atoms with E-state index < -0.39 is 29.8 Å². The number of carboxylic acid groups (broad SMARTS) is 1. The zero-order chi connectivity index (χ0) is 19.1. The fourth-order valence-electron chi connectivity index (χ4n) is 2.97. The number of carbonyl (C=O) groups excluding carboxylic acids is 2. The Bertz CT molecular complexity index is 668. The van der Waals surface area contributed by atoms with Crippen molar-refractivity contribution in [2.45, 2.75) is 38.6 Å². The van der Waals surface area contributed by atoms with Gasteiger partial charge in [0, 0.05) is 13.1 Å². The number of carbonyl (C=O) groups is 3. The lowest BCUT2D eigenvalue weighted by Gasteiger charge is -2.32. The van der Waals surface area contributed by atoms with Gasteiger partial charge in [-0.3, -0.25) is 4.79 Å². The predicted molar refractivity (Wildman–Crippen MR) is 94.2 cm³/mol. The maximum absolute atomic E-state index is 13.7. The van der Waals surface area contributed by atoms with Gasteiger partial charge in [0.25, 0.3) is 0 Å². The summed E-state index contributed by atoms with van der Waals surface area (Å²) < 4.78 is 13.7. The summed E-state index contributed by atoms with van der Waals surface area (Å²) in [5.74, 6) is -2.44. The van der Waals surface area contributed by atoms with Gasteiger partial charge in [0.1, 0.15) is 11.9 Å². The number of halogens is 1. The molecular formula is C18H24FN3O4. The van der Waals surface area contributed by atoms with Crippen molar-refractivity contribution in [1.29, 1.82) is 0 Å². The van der Waals surface area contributed by atoms with Crippen molar-refractivity contribution in [3.05, 3.63) is 30.1 Å². The minimum Gasteiger partial charge on any atom is -0.480 e. The van der Waals surface area contributed by atoms with Crippen molar-refractivity contribution < 1.29 is 23.9 Å². The number of piperidine rings is 1. The number of carboxylic acids is 1. The van der Waals surface area contributed by atoms with Gasteiger partial charge in [0.2, 0.25) is 5.91 Å². The van der Waals surface area contributed by atoms with Crippen LogP contribution in [0.2, 0.25) is 0 Å². The summed E-state index contributed by atoms with van der Waals surface area (Å²) in [6.45, 7) is 2.48. The molecule has 26 heavy (non-hydrogen) atoms. The Morgan fingerprint density at radius 2 is 2.08 bits per heavy atom. The van der Waals surface area contributed by atoms with Crippen LogP contribution in [0.4, 0.5) is 14.9 Å². The molecule has 1 fully saturated rings. The first-order valence-electron chi connectivity index (χ1n) is 8.76. The van der Waals surface area contributed by atoms with E-state index >= 15 is 0 Å². The Morgan fingerprint density at radius 3 is 2.73 bits per heavy atom. The van der Waals surface area contributed by atoms with Gasteiger partial charge in [-0.1, -0.05) is 25.5 Å². The van der Waals surface area contributed by atoms with Crippen LogP contribution in [-0.2, 0) is 9.59 Å². The maximum Gasteiger partial charge on any atom is 0.326 e. The number of nitrogens with zero attached hydrogens (tertiary/aromatic N) is 1. The fourth-order valence-corrected chi connectivity index (χ4v) is 2.97. The zero-order valence-corrected chi connectivity index (χ0v) is 14.7.